The number of benzene rings is 1. The molecule has 0 saturated heterocycles. The molecule has 0 atom stereocenters. The maximum Gasteiger partial charge on any atom is 0.304 e. The molecule has 0 radical (unpaired) electrons. The van der Waals surface area contributed by atoms with Gasteiger partial charge in [0.15, 0.2) is 0 Å². The second-order valence-corrected chi connectivity index (χ2v) is 5.40. The van der Waals surface area contributed by atoms with E-state index < -0.39 is 11.8 Å². The lowest BCUT2D eigenvalue weighted by molar-refractivity contribution is -0.136. The van der Waals surface area contributed by atoms with Gasteiger partial charge in [0.05, 0.1) is 23.9 Å². The smallest absolute Gasteiger partial charge is 0.304 e. The Hall–Kier alpha value is -1.73. The van der Waals surface area contributed by atoms with E-state index in [2.05, 4.69) is 9.97 Å². The highest BCUT2D eigenvalue weighted by Gasteiger charge is 2.13. The molecule has 0 aliphatic rings. The van der Waals surface area contributed by atoms with Crippen molar-refractivity contribution in [3.05, 3.63) is 29.8 Å². The number of methoxy groups -OCH3 is 1. The standard InChI is InChI=1S/C14H15FN2O3S/c1-20-7-5-11-16-10-4-2-3-9(15)13(10)14(17-11)21-8-6-12(18)19/h2-4H,5-8H2,1H3,(H,18,19). The van der Waals surface area contributed by atoms with Crippen LogP contribution in [0.25, 0.3) is 10.9 Å². The Morgan fingerprint density at radius 1 is 1.43 bits per heavy atom. The zero-order valence-corrected chi connectivity index (χ0v) is 12.3. The van der Waals surface area contributed by atoms with Gasteiger partial charge in [0.1, 0.15) is 16.7 Å². The third-order valence-corrected chi connectivity index (χ3v) is 3.75. The van der Waals surface area contributed by atoms with Crippen molar-refractivity contribution in [1.82, 2.24) is 9.97 Å². The van der Waals surface area contributed by atoms with Crippen LogP contribution in [-0.2, 0) is 16.0 Å². The first-order valence-corrected chi connectivity index (χ1v) is 7.39. The Kier molecular flexibility index (Phi) is 5.46. The van der Waals surface area contributed by atoms with Crippen LogP contribution in [0.5, 0.6) is 0 Å². The van der Waals surface area contributed by atoms with E-state index in [1.165, 1.54) is 17.8 Å². The summed E-state index contributed by atoms with van der Waals surface area (Å²) >= 11 is 1.23. The van der Waals surface area contributed by atoms with Crippen LogP contribution >= 0.6 is 11.8 Å². The van der Waals surface area contributed by atoms with Gasteiger partial charge < -0.3 is 9.84 Å². The molecule has 5 nitrogen and oxygen atoms in total. The van der Waals surface area contributed by atoms with Gasteiger partial charge in [-0.15, -0.1) is 11.8 Å². The lowest BCUT2D eigenvalue weighted by Crippen LogP contribution is -2.04. The van der Waals surface area contributed by atoms with Crippen LogP contribution < -0.4 is 0 Å². The zero-order chi connectivity index (χ0) is 15.2. The molecule has 2 rings (SSSR count). The molecule has 0 aliphatic heterocycles. The highest BCUT2D eigenvalue weighted by Crippen LogP contribution is 2.28. The van der Waals surface area contributed by atoms with Gasteiger partial charge in [-0.05, 0) is 12.1 Å². The van der Waals surface area contributed by atoms with E-state index in [4.69, 9.17) is 9.84 Å². The van der Waals surface area contributed by atoms with Gasteiger partial charge in [0, 0.05) is 19.3 Å². The molecule has 1 aromatic heterocycles. The summed E-state index contributed by atoms with van der Waals surface area (Å²) in [5, 5.41) is 9.51. The number of nitrogens with zero attached hydrogens (tertiary/aromatic N) is 2. The minimum Gasteiger partial charge on any atom is -0.481 e. The van der Waals surface area contributed by atoms with Crippen molar-refractivity contribution in [2.45, 2.75) is 17.9 Å². The van der Waals surface area contributed by atoms with E-state index in [1.54, 1.807) is 19.2 Å². The Bertz CT molecular complexity index is 651. The maximum atomic E-state index is 14.0. The quantitative estimate of drug-likeness (QED) is 0.626. The maximum absolute atomic E-state index is 14.0. The minimum atomic E-state index is -0.888. The Labute approximate surface area is 125 Å². The van der Waals surface area contributed by atoms with Crippen molar-refractivity contribution in [3.8, 4) is 0 Å². The highest BCUT2D eigenvalue weighted by molar-refractivity contribution is 7.99. The number of carbonyl (C=O) groups is 1. The number of carboxylic acids is 1. The van der Waals surface area contributed by atoms with Crippen molar-refractivity contribution >= 4 is 28.6 Å². The van der Waals surface area contributed by atoms with Gasteiger partial charge >= 0.3 is 5.97 Å². The summed E-state index contributed by atoms with van der Waals surface area (Å²) in [6, 6.07) is 4.66. The van der Waals surface area contributed by atoms with Gasteiger partial charge in [-0.1, -0.05) is 6.07 Å². The van der Waals surface area contributed by atoms with Gasteiger partial charge in [-0.2, -0.15) is 0 Å². The Morgan fingerprint density at radius 2 is 2.24 bits per heavy atom. The number of ether oxygens (including phenoxy) is 1. The molecule has 1 aromatic carbocycles. The lowest BCUT2D eigenvalue weighted by Gasteiger charge is -2.08. The summed E-state index contributed by atoms with van der Waals surface area (Å²) in [6.45, 7) is 0.472. The average Bonchev–Trinajstić information content (AvgIpc) is 2.44. The van der Waals surface area contributed by atoms with E-state index in [-0.39, 0.29) is 6.42 Å². The number of aromatic nitrogens is 2. The summed E-state index contributed by atoms with van der Waals surface area (Å²) in [7, 11) is 1.59. The zero-order valence-electron chi connectivity index (χ0n) is 11.5. The predicted molar refractivity (Wildman–Crippen MR) is 78.1 cm³/mol. The van der Waals surface area contributed by atoms with Crippen LogP contribution in [0.4, 0.5) is 4.39 Å². The molecular weight excluding hydrogens is 295 g/mol. The van der Waals surface area contributed by atoms with E-state index in [0.29, 0.717) is 40.5 Å². The summed E-state index contributed by atoms with van der Waals surface area (Å²) < 4.78 is 19.0. The SMILES string of the molecule is COCCc1nc(SCCC(=O)O)c2c(F)cccc2n1. The normalized spacial score (nSPS) is 11.0. The third-order valence-electron chi connectivity index (χ3n) is 2.77. The number of fused-ring (bicyclic) bond motifs is 1. The van der Waals surface area contributed by atoms with Gasteiger partial charge in [-0.25, -0.2) is 14.4 Å². The van der Waals surface area contributed by atoms with Gasteiger partial charge in [-0.3, -0.25) is 4.79 Å². The van der Waals surface area contributed by atoms with Crippen LogP contribution in [0, 0.1) is 5.82 Å². The summed E-state index contributed by atoms with van der Waals surface area (Å²) in [5.74, 6) is -0.392. The van der Waals surface area contributed by atoms with E-state index in [1.807, 2.05) is 0 Å². The average molecular weight is 310 g/mol. The molecule has 0 aliphatic carbocycles. The van der Waals surface area contributed by atoms with Crippen LogP contribution in [0.15, 0.2) is 23.2 Å². The fourth-order valence-corrected chi connectivity index (χ4v) is 2.79. The monoisotopic (exact) mass is 310 g/mol. The topological polar surface area (TPSA) is 72.3 Å². The Balaban J connectivity index is 2.35. The molecule has 1 N–H and O–H groups in total. The number of halogens is 1. The number of hydrogen-bond donors (Lipinski definition) is 1. The molecule has 7 heteroatoms. The largest absolute Gasteiger partial charge is 0.481 e. The second-order valence-electron chi connectivity index (χ2n) is 4.31. The van der Waals surface area contributed by atoms with Crippen molar-refractivity contribution in [2.24, 2.45) is 0 Å². The van der Waals surface area contributed by atoms with E-state index >= 15 is 0 Å². The first kappa shape index (κ1) is 15.7. The van der Waals surface area contributed by atoms with Crippen molar-refractivity contribution in [3.63, 3.8) is 0 Å². The van der Waals surface area contributed by atoms with Crippen molar-refractivity contribution in [2.75, 3.05) is 19.5 Å². The number of hydrogen-bond acceptors (Lipinski definition) is 5. The first-order chi connectivity index (χ1) is 10.1. The van der Waals surface area contributed by atoms with Crippen molar-refractivity contribution < 1.29 is 19.0 Å². The minimum absolute atomic E-state index is 0.00196. The molecule has 0 spiro atoms. The summed E-state index contributed by atoms with van der Waals surface area (Å²) in [5.41, 5.74) is 0.522. The van der Waals surface area contributed by atoms with E-state index in [0.717, 1.165) is 0 Å². The molecular formula is C14H15FN2O3S. The fraction of sp³-hybridized carbons (Fsp3) is 0.357. The number of thioether (sulfide) groups is 1. The van der Waals surface area contributed by atoms with Crippen molar-refractivity contribution in [1.29, 1.82) is 0 Å². The summed E-state index contributed by atoms with van der Waals surface area (Å²) in [4.78, 5) is 19.2. The van der Waals surface area contributed by atoms with Crippen LogP contribution in [0.2, 0.25) is 0 Å². The van der Waals surface area contributed by atoms with E-state index in [9.17, 15) is 9.18 Å². The molecule has 0 fully saturated rings. The highest BCUT2D eigenvalue weighted by atomic mass is 32.2. The molecule has 0 saturated carbocycles. The van der Waals surface area contributed by atoms with Crippen LogP contribution in [0.1, 0.15) is 12.2 Å². The molecule has 2 aromatic rings. The van der Waals surface area contributed by atoms with Crippen LogP contribution in [-0.4, -0.2) is 40.5 Å². The van der Waals surface area contributed by atoms with Gasteiger partial charge in [0.25, 0.3) is 0 Å². The van der Waals surface area contributed by atoms with Gasteiger partial charge in [0.2, 0.25) is 0 Å². The third kappa shape index (κ3) is 4.12. The molecule has 21 heavy (non-hydrogen) atoms. The molecule has 0 unspecified atom stereocenters. The molecule has 1 heterocycles. The summed E-state index contributed by atoms with van der Waals surface area (Å²) in [6.07, 6.45) is 0.521. The first-order valence-electron chi connectivity index (χ1n) is 6.40. The fourth-order valence-electron chi connectivity index (χ4n) is 1.80. The van der Waals surface area contributed by atoms with Crippen LogP contribution in [0.3, 0.4) is 0 Å². The lowest BCUT2D eigenvalue weighted by atomic mass is 10.2. The number of rotatable bonds is 7. The molecule has 0 bridgehead atoms. The molecule has 0 amide bonds. The second kappa shape index (κ2) is 7.33. The number of aliphatic carboxylic acids is 1. The molecule has 112 valence electrons. The number of carboxylic acid groups (broad SMARTS) is 1. The Morgan fingerprint density at radius 3 is 2.95 bits per heavy atom. The predicted octanol–water partition coefficient (Wildman–Crippen LogP) is 2.52.